The van der Waals surface area contributed by atoms with E-state index in [2.05, 4.69) is 11.6 Å². The van der Waals surface area contributed by atoms with Crippen molar-refractivity contribution in [3.63, 3.8) is 0 Å². The predicted octanol–water partition coefficient (Wildman–Crippen LogP) is 4.43. The largest absolute Gasteiger partial charge is 1.00 e. The minimum atomic E-state index is -4.51. The van der Waals surface area contributed by atoms with Crippen LogP contribution in [0.1, 0.15) is 111 Å². The Morgan fingerprint density at radius 3 is 1.84 bits per heavy atom. The van der Waals surface area contributed by atoms with Crippen LogP contribution in [0.5, 0.6) is 0 Å². The van der Waals surface area contributed by atoms with Gasteiger partial charge in [-0.25, -0.2) is 4.89 Å². The van der Waals surface area contributed by atoms with Crippen LogP contribution in [-0.4, -0.2) is 12.2 Å². The molecule has 3 atom stereocenters. The summed E-state index contributed by atoms with van der Waals surface area (Å²) in [7, 11) is -4.51. The van der Waals surface area contributed by atoms with Crippen molar-refractivity contribution in [2.24, 2.45) is 5.92 Å². The quantitative estimate of drug-likeness (QED) is 0.0896. The van der Waals surface area contributed by atoms with Gasteiger partial charge in [-0.05, 0) is 13.3 Å². The molecular formula is C24H44KO5P. The first kappa shape index (κ1) is 32.2. The second kappa shape index (κ2) is 19.5. The zero-order valence-electron chi connectivity index (χ0n) is 20.5. The topological polar surface area (TPSA) is 67.8 Å². The third kappa shape index (κ3) is 16.5. The number of unbranched alkanes of at least 4 members (excludes halogenated alkanes) is 13. The zero-order valence-corrected chi connectivity index (χ0v) is 24.5. The number of rotatable bonds is 19. The van der Waals surface area contributed by atoms with E-state index >= 15 is 0 Å². The first-order valence-electron chi connectivity index (χ1n) is 12.1. The van der Waals surface area contributed by atoms with Gasteiger partial charge < -0.3 is 9.42 Å². The Labute approximate surface area is 233 Å². The molecule has 0 saturated heterocycles. The third-order valence-corrected chi connectivity index (χ3v) is 6.78. The van der Waals surface area contributed by atoms with Crippen molar-refractivity contribution in [2.75, 3.05) is 6.61 Å². The summed E-state index contributed by atoms with van der Waals surface area (Å²) in [6, 6.07) is 0. The average Bonchev–Trinajstić information content (AvgIpc) is 2.69. The summed E-state index contributed by atoms with van der Waals surface area (Å²) < 4.78 is 21.8. The summed E-state index contributed by atoms with van der Waals surface area (Å²) in [5.41, 5.74) is -0.940. The maximum Gasteiger partial charge on any atom is 1.00 e. The van der Waals surface area contributed by atoms with Crippen LogP contribution in [0.3, 0.4) is 0 Å². The summed E-state index contributed by atoms with van der Waals surface area (Å²) in [5.74, 6) is -0.0702. The van der Waals surface area contributed by atoms with Gasteiger partial charge in [0.25, 0.3) is 7.82 Å². The normalized spacial score (nSPS) is 22.3. The molecule has 0 heterocycles. The maximum atomic E-state index is 12.0. The Morgan fingerprint density at radius 2 is 1.35 bits per heavy atom. The van der Waals surface area contributed by atoms with E-state index in [1.807, 2.05) is 19.1 Å². The Balaban J connectivity index is 0.00000900. The molecule has 0 spiro atoms. The molecule has 1 rings (SSSR count). The molecule has 5 nitrogen and oxygen atoms in total. The Bertz CT molecular complexity index is 540. The van der Waals surface area contributed by atoms with Crippen LogP contribution in [0.15, 0.2) is 24.3 Å². The molecular weight excluding hydrogens is 438 g/mol. The van der Waals surface area contributed by atoms with E-state index in [1.165, 1.54) is 70.6 Å². The summed E-state index contributed by atoms with van der Waals surface area (Å²) >= 11 is 0. The van der Waals surface area contributed by atoms with Crippen LogP contribution in [0, 0.1) is 5.92 Å². The first-order valence-corrected chi connectivity index (χ1v) is 13.5. The molecule has 1 aliphatic rings. The van der Waals surface area contributed by atoms with E-state index < -0.39 is 13.4 Å². The Hall–Kier alpha value is 1.19. The molecule has 0 amide bonds. The summed E-state index contributed by atoms with van der Waals surface area (Å²) in [5, 5.41) is 0. The fourth-order valence-corrected chi connectivity index (χ4v) is 4.59. The van der Waals surface area contributed by atoms with Gasteiger partial charge in [-0.2, -0.15) is 4.67 Å². The molecule has 0 bridgehead atoms. The Morgan fingerprint density at radius 1 is 0.871 bits per heavy atom. The van der Waals surface area contributed by atoms with Crippen LogP contribution < -0.4 is 56.3 Å². The van der Waals surface area contributed by atoms with Gasteiger partial charge >= 0.3 is 51.4 Å². The van der Waals surface area contributed by atoms with E-state index in [-0.39, 0.29) is 63.9 Å². The monoisotopic (exact) mass is 482 g/mol. The van der Waals surface area contributed by atoms with E-state index in [1.54, 1.807) is 19.1 Å². The molecule has 1 aliphatic carbocycles. The molecule has 0 aromatic carbocycles. The number of hydrogen-bond donors (Lipinski definition) is 0. The minimum Gasteiger partial charge on any atom is -0.754 e. The van der Waals surface area contributed by atoms with Gasteiger partial charge in [-0.1, -0.05) is 122 Å². The van der Waals surface area contributed by atoms with Crippen LogP contribution in [0.25, 0.3) is 0 Å². The molecule has 176 valence electrons. The Kier molecular flexibility index (Phi) is 20.2. The summed E-state index contributed by atoms with van der Waals surface area (Å²) in [4.78, 5) is 16.9. The van der Waals surface area contributed by atoms with Crippen molar-refractivity contribution >= 4 is 7.82 Å². The van der Waals surface area contributed by atoms with Crippen molar-refractivity contribution in [3.8, 4) is 0 Å². The van der Waals surface area contributed by atoms with Crippen LogP contribution in [0.2, 0.25) is 0 Å². The molecule has 3 unspecified atom stereocenters. The molecule has 0 fully saturated rings. The maximum absolute atomic E-state index is 12.0. The van der Waals surface area contributed by atoms with Gasteiger partial charge in [0.05, 0.1) is 12.2 Å². The van der Waals surface area contributed by atoms with Gasteiger partial charge in [0, 0.05) is 5.92 Å². The van der Waals surface area contributed by atoms with Crippen LogP contribution in [-0.2, 0) is 18.7 Å². The average molecular weight is 483 g/mol. The molecule has 0 radical (unpaired) electrons. The SMILES string of the molecule is CCCCCCCCCCCCCCCCOOP(=O)([O-])OC1(C)C=CC=CC1C.[K+]. The fraction of sp³-hybridized carbons (Fsp3) is 0.833. The van der Waals surface area contributed by atoms with Gasteiger partial charge in [0.1, 0.15) is 0 Å². The standard InChI is InChI=1S/C24H45O5P.K/c1-4-5-6-7-8-9-10-11-12-13-14-15-16-19-22-27-29-30(25,26)28-24(3)21-18-17-20-23(24)2;/h17-18,20-21,23H,4-16,19,22H2,1-3H3,(H,25,26);/q;+1/p-1. The van der Waals surface area contributed by atoms with Crippen molar-refractivity contribution in [2.45, 2.75) is 116 Å². The molecule has 0 N–H and O–H groups in total. The van der Waals surface area contributed by atoms with Crippen molar-refractivity contribution in [1.82, 2.24) is 0 Å². The second-order valence-electron chi connectivity index (χ2n) is 8.75. The van der Waals surface area contributed by atoms with Gasteiger partial charge in [0.15, 0.2) is 0 Å². The zero-order chi connectivity index (χ0) is 22.1. The molecule has 0 aromatic rings. The molecule has 0 saturated carbocycles. The number of allylic oxidation sites excluding steroid dienone is 2. The number of hydrogen-bond acceptors (Lipinski definition) is 5. The molecule has 7 heteroatoms. The van der Waals surface area contributed by atoms with Crippen molar-refractivity contribution < 1.29 is 74.9 Å². The van der Waals surface area contributed by atoms with Gasteiger partial charge in [-0.15, -0.1) is 0 Å². The molecule has 31 heavy (non-hydrogen) atoms. The van der Waals surface area contributed by atoms with E-state index in [0.717, 1.165) is 19.3 Å². The van der Waals surface area contributed by atoms with Gasteiger partial charge in [-0.3, -0.25) is 4.57 Å². The first-order chi connectivity index (χ1) is 14.4. The van der Waals surface area contributed by atoms with Gasteiger partial charge in [0.2, 0.25) is 0 Å². The molecule has 0 aliphatic heterocycles. The number of phosphoric ester groups is 1. The van der Waals surface area contributed by atoms with Crippen LogP contribution in [0.4, 0.5) is 0 Å². The fourth-order valence-electron chi connectivity index (χ4n) is 3.65. The van der Waals surface area contributed by atoms with E-state index in [0.29, 0.717) is 0 Å². The third-order valence-electron chi connectivity index (χ3n) is 5.88. The van der Waals surface area contributed by atoms with E-state index in [4.69, 9.17) is 9.41 Å². The summed E-state index contributed by atoms with van der Waals surface area (Å²) in [6.07, 6.45) is 25.1. The van der Waals surface area contributed by atoms with Crippen molar-refractivity contribution in [1.29, 1.82) is 0 Å². The number of phosphoric acid groups is 1. The second-order valence-corrected chi connectivity index (χ2v) is 9.97. The van der Waals surface area contributed by atoms with Crippen molar-refractivity contribution in [3.05, 3.63) is 24.3 Å². The van der Waals surface area contributed by atoms with E-state index in [9.17, 15) is 9.46 Å². The minimum absolute atomic E-state index is 0. The summed E-state index contributed by atoms with van der Waals surface area (Å²) in [6.45, 7) is 6.14. The van der Waals surface area contributed by atoms with Crippen LogP contribution >= 0.6 is 7.82 Å². The smallest absolute Gasteiger partial charge is 0.754 e. The predicted molar refractivity (Wildman–Crippen MR) is 122 cm³/mol. The molecule has 0 aromatic heterocycles.